The van der Waals surface area contributed by atoms with Crippen LogP contribution in [0.25, 0.3) is 0 Å². The van der Waals surface area contributed by atoms with Crippen molar-refractivity contribution in [1.82, 2.24) is 5.32 Å². The van der Waals surface area contributed by atoms with Crippen molar-refractivity contribution in [2.24, 2.45) is 0 Å². The summed E-state index contributed by atoms with van der Waals surface area (Å²) in [5.41, 5.74) is 1.23. The van der Waals surface area contributed by atoms with Gasteiger partial charge in [-0.15, -0.1) is 11.8 Å². The lowest BCUT2D eigenvalue weighted by Crippen LogP contribution is -2.22. The van der Waals surface area contributed by atoms with Crippen molar-refractivity contribution in [3.63, 3.8) is 0 Å². The molecule has 3 nitrogen and oxygen atoms in total. The van der Waals surface area contributed by atoms with Crippen molar-refractivity contribution in [2.75, 3.05) is 12.4 Å². The molecule has 0 amide bonds. The predicted octanol–water partition coefficient (Wildman–Crippen LogP) is 1.63. The highest BCUT2D eigenvalue weighted by Crippen LogP contribution is 2.23. The van der Waals surface area contributed by atoms with Gasteiger partial charge in [0.05, 0.1) is 12.7 Å². The average Bonchev–Trinajstić information content (AvgIpc) is 2.34. The van der Waals surface area contributed by atoms with E-state index in [1.54, 1.807) is 11.8 Å². The van der Waals surface area contributed by atoms with Crippen LogP contribution in [-0.4, -0.2) is 34.7 Å². The molecule has 0 aliphatic carbocycles. The van der Waals surface area contributed by atoms with Crippen LogP contribution in [-0.2, 0) is 6.54 Å². The fourth-order valence-electron chi connectivity index (χ4n) is 1.34. The van der Waals surface area contributed by atoms with Gasteiger partial charge in [-0.1, -0.05) is 32.0 Å². The molecule has 1 aromatic rings. The van der Waals surface area contributed by atoms with Crippen molar-refractivity contribution in [2.45, 2.75) is 37.4 Å². The van der Waals surface area contributed by atoms with Crippen molar-refractivity contribution in [1.29, 1.82) is 0 Å². The van der Waals surface area contributed by atoms with Crippen LogP contribution >= 0.6 is 11.8 Å². The third-order valence-corrected chi connectivity index (χ3v) is 3.58. The van der Waals surface area contributed by atoms with Crippen molar-refractivity contribution in [3.8, 4) is 0 Å². The van der Waals surface area contributed by atoms with Gasteiger partial charge in [-0.2, -0.15) is 0 Å². The molecule has 0 aromatic heterocycles. The number of hydrogen-bond acceptors (Lipinski definition) is 4. The quantitative estimate of drug-likeness (QED) is 0.648. The standard InChI is InChI=1S/C13H21NO2S/c1-10(2)14-7-11-5-3-4-6-13(11)17-9-12(16)8-15/h3-6,10,12,14-16H,7-9H2,1-2H3. The maximum absolute atomic E-state index is 9.34. The maximum Gasteiger partial charge on any atom is 0.0864 e. The second-order valence-electron chi connectivity index (χ2n) is 4.29. The van der Waals surface area contributed by atoms with Gasteiger partial charge in [-0.25, -0.2) is 0 Å². The third kappa shape index (κ3) is 5.55. The molecule has 0 saturated heterocycles. The molecule has 0 spiro atoms. The van der Waals surface area contributed by atoms with E-state index in [9.17, 15) is 5.11 Å². The summed E-state index contributed by atoms with van der Waals surface area (Å²) in [5, 5.41) is 21.5. The average molecular weight is 255 g/mol. The minimum atomic E-state index is -0.647. The van der Waals surface area contributed by atoms with E-state index < -0.39 is 6.10 Å². The summed E-state index contributed by atoms with van der Waals surface area (Å²) in [4.78, 5) is 1.16. The molecule has 0 aliphatic rings. The van der Waals surface area contributed by atoms with Gasteiger partial charge >= 0.3 is 0 Å². The van der Waals surface area contributed by atoms with Crippen LogP contribution in [0.1, 0.15) is 19.4 Å². The summed E-state index contributed by atoms with van der Waals surface area (Å²) in [6.45, 7) is 4.88. The fourth-order valence-corrected chi connectivity index (χ4v) is 2.32. The Balaban J connectivity index is 2.57. The number of thioether (sulfide) groups is 1. The molecule has 0 heterocycles. The lowest BCUT2D eigenvalue weighted by molar-refractivity contribution is 0.113. The Hall–Kier alpha value is -0.550. The molecule has 96 valence electrons. The Kier molecular flexibility index (Phi) is 6.58. The zero-order chi connectivity index (χ0) is 12.7. The van der Waals surface area contributed by atoms with Gasteiger partial charge in [0, 0.05) is 23.2 Å². The smallest absolute Gasteiger partial charge is 0.0864 e. The molecule has 1 atom stereocenters. The number of aliphatic hydroxyl groups is 2. The van der Waals surface area contributed by atoms with E-state index in [0.29, 0.717) is 11.8 Å². The highest BCUT2D eigenvalue weighted by Gasteiger charge is 2.06. The second-order valence-corrected chi connectivity index (χ2v) is 5.35. The lowest BCUT2D eigenvalue weighted by atomic mass is 10.2. The Morgan fingerprint density at radius 2 is 2.00 bits per heavy atom. The normalized spacial score (nSPS) is 13.0. The van der Waals surface area contributed by atoms with E-state index in [1.807, 2.05) is 18.2 Å². The van der Waals surface area contributed by atoms with Gasteiger partial charge in [0.25, 0.3) is 0 Å². The van der Waals surface area contributed by atoms with E-state index in [-0.39, 0.29) is 6.61 Å². The van der Waals surface area contributed by atoms with Crippen molar-refractivity contribution in [3.05, 3.63) is 29.8 Å². The zero-order valence-electron chi connectivity index (χ0n) is 10.4. The predicted molar refractivity (Wildman–Crippen MR) is 72.2 cm³/mol. The summed E-state index contributed by atoms with van der Waals surface area (Å²) >= 11 is 1.58. The highest BCUT2D eigenvalue weighted by molar-refractivity contribution is 7.99. The van der Waals surface area contributed by atoms with E-state index in [4.69, 9.17) is 5.11 Å². The second kappa shape index (κ2) is 7.71. The molecule has 0 aliphatic heterocycles. The number of rotatable bonds is 7. The van der Waals surface area contributed by atoms with Gasteiger partial charge < -0.3 is 15.5 Å². The Bertz CT molecular complexity index is 331. The minimum Gasteiger partial charge on any atom is -0.394 e. The maximum atomic E-state index is 9.34. The zero-order valence-corrected chi connectivity index (χ0v) is 11.2. The lowest BCUT2D eigenvalue weighted by Gasteiger charge is -2.13. The van der Waals surface area contributed by atoms with Crippen LogP contribution in [0.3, 0.4) is 0 Å². The molecule has 0 radical (unpaired) electrons. The highest BCUT2D eigenvalue weighted by atomic mass is 32.2. The number of hydrogen-bond donors (Lipinski definition) is 3. The molecule has 1 unspecified atom stereocenters. The van der Waals surface area contributed by atoms with Crippen LogP contribution in [0.5, 0.6) is 0 Å². The Labute approximate surface area is 107 Å². The molecule has 17 heavy (non-hydrogen) atoms. The summed E-state index contributed by atoms with van der Waals surface area (Å²) in [5.74, 6) is 0.523. The first-order chi connectivity index (χ1) is 8.13. The first-order valence-corrected chi connectivity index (χ1v) is 6.85. The summed E-state index contributed by atoms with van der Waals surface area (Å²) < 4.78 is 0. The molecule has 4 heteroatoms. The van der Waals surface area contributed by atoms with Crippen LogP contribution in [0.2, 0.25) is 0 Å². The Morgan fingerprint density at radius 1 is 1.29 bits per heavy atom. The van der Waals surface area contributed by atoms with Gasteiger partial charge in [-0.05, 0) is 11.6 Å². The monoisotopic (exact) mass is 255 g/mol. The molecular formula is C13H21NO2S. The molecule has 1 aromatic carbocycles. The molecule has 1 rings (SSSR count). The van der Waals surface area contributed by atoms with E-state index in [0.717, 1.165) is 11.4 Å². The van der Waals surface area contributed by atoms with E-state index in [1.165, 1.54) is 5.56 Å². The van der Waals surface area contributed by atoms with E-state index >= 15 is 0 Å². The van der Waals surface area contributed by atoms with Gasteiger partial charge in [0.1, 0.15) is 0 Å². The SMILES string of the molecule is CC(C)NCc1ccccc1SCC(O)CO. The fraction of sp³-hybridized carbons (Fsp3) is 0.538. The Morgan fingerprint density at radius 3 is 2.65 bits per heavy atom. The number of aliphatic hydroxyl groups excluding tert-OH is 2. The molecule has 3 N–H and O–H groups in total. The molecular weight excluding hydrogens is 234 g/mol. The minimum absolute atomic E-state index is 0.181. The van der Waals surface area contributed by atoms with Crippen LogP contribution in [0, 0.1) is 0 Å². The molecule has 0 saturated carbocycles. The van der Waals surface area contributed by atoms with Gasteiger partial charge in [-0.3, -0.25) is 0 Å². The van der Waals surface area contributed by atoms with Crippen molar-refractivity contribution >= 4 is 11.8 Å². The summed E-state index contributed by atoms with van der Waals surface area (Å²) in [6, 6.07) is 8.60. The molecule has 0 bridgehead atoms. The topological polar surface area (TPSA) is 52.5 Å². The molecule has 0 fully saturated rings. The van der Waals surface area contributed by atoms with Gasteiger partial charge in [0.2, 0.25) is 0 Å². The largest absolute Gasteiger partial charge is 0.394 e. The third-order valence-electron chi connectivity index (χ3n) is 2.32. The van der Waals surface area contributed by atoms with Crippen LogP contribution in [0.15, 0.2) is 29.2 Å². The summed E-state index contributed by atoms with van der Waals surface area (Å²) in [6.07, 6.45) is -0.647. The van der Waals surface area contributed by atoms with Crippen LogP contribution in [0.4, 0.5) is 0 Å². The van der Waals surface area contributed by atoms with Crippen molar-refractivity contribution < 1.29 is 10.2 Å². The van der Waals surface area contributed by atoms with Gasteiger partial charge in [0.15, 0.2) is 0 Å². The first kappa shape index (κ1) is 14.5. The number of nitrogens with one attached hydrogen (secondary N) is 1. The summed E-state index contributed by atoms with van der Waals surface area (Å²) in [7, 11) is 0. The van der Waals surface area contributed by atoms with E-state index in [2.05, 4.69) is 25.2 Å². The number of benzene rings is 1. The van der Waals surface area contributed by atoms with Crippen LogP contribution < -0.4 is 5.32 Å². The first-order valence-electron chi connectivity index (χ1n) is 5.86.